The van der Waals surface area contributed by atoms with Crippen LogP contribution in [0.1, 0.15) is 11.4 Å². The lowest BCUT2D eigenvalue weighted by Gasteiger charge is -2.09. The number of alkyl halides is 2. The van der Waals surface area contributed by atoms with Gasteiger partial charge in [-0.15, -0.1) is 11.3 Å². The number of nitrogens with one attached hydrogen (secondary N) is 1. The van der Waals surface area contributed by atoms with Crippen molar-refractivity contribution in [2.24, 2.45) is 0 Å². The summed E-state index contributed by atoms with van der Waals surface area (Å²) >= 11 is 7.41. The monoisotopic (exact) mass is 382 g/mol. The van der Waals surface area contributed by atoms with Crippen molar-refractivity contribution in [3.05, 3.63) is 52.5 Å². The van der Waals surface area contributed by atoms with Crippen molar-refractivity contribution in [3.8, 4) is 5.75 Å². The minimum Gasteiger partial charge on any atom is -0.433 e. The van der Waals surface area contributed by atoms with Crippen molar-refractivity contribution in [2.45, 2.75) is 19.5 Å². The highest BCUT2D eigenvalue weighted by molar-refractivity contribution is 7.18. The number of carbonyl (C=O) groups is 1. The Labute approximate surface area is 151 Å². The molecular weight excluding hydrogens is 370 g/mol. The lowest BCUT2D eigenvalue weighted by atomic mass is 10.2. The molecule has 0 fully saturated rings. The summed E-state index contributed by atoms with van der Waals surface area (Å²) in [5.41, 5.74) is 1.34. The highest BCUT2D eigenvalue weighted by Crippen LogP contribution is 2.29. The van der Waals surface area contributed by atoms with Crippen LogP contribution in [0.4, 0.5) is 14.5 Å². The fourth-order valence-corrected chi connectivity index (χ4v) is 3.43. The van der Waals surface area contributed by atoms with Crippen LogP contribution in [0.15, 0.2) is 42.5 Å². The molecule has 1 N–H and O–H groups in total. The molecule has 1 aromatic heterocycles. The number of nitrogens with zero attached hydrogens (tertiary/aromatic N) is 1. The Bertz CT molecular complexity index is 868. The van der Waals surface area contributed by atoms with E-state index in [9.17, 15) is 13.6 Å². The van der Waals surface area contributed by atoms with Crippen LogP contribution in [0, 0.1) is 0 Å². The Morgan fingerprint density at radius 1 is 1.28 bits per heavy atom. The van der Waals surface area contributed by atoms with Crippen molar-refractivity contribution in [2.75, 3.05) is 5.32 Å². The smallest absolute Gasteiger partial charge is 0.387 e. The summed E-state index contributed by atoms with van der Waals surface area (Å²) in [4.78, 5) is 16.5. The van der Waals surface area contributed by atoms with Gasteiger partial charge in [0, 0.05) is 18.5 Å². The lowest BCUT2D eigenvalue weighted by Crippen LogP contribution is -2.12. The van der Waals surface area contributed by atoms with Gasteiger partial charge in [-0.05, 0) is 30.3 Å². The standard InChI is InChI=1S/C17H13ClF2N2O2S/c18-11-9-10(5-6-13(11)24-17(19)20)21-15(23)7-8-16-22-12-3-1-2-4-14(12)25-16/h1-6,9,17H,7-8H2,(H,21,23). The van der Waals surface area contributed by atoms with E-state index in [4.69, 9.17) is 11.6 Å². The Kier molecular flexibility index (Phi) is 5.45. The van der Waals surface area contributed by atoms with E-state index in [1.165, 1.54) is 18.2 Å². The zero-order valence-electron chi connectivity index (χ0n) is 12.8. The summed E-state index contributed by atoms with van der Waals surface area (Å²) in [6.07, 6.45) is 0.776. The van der Waals surface area contributed by atoms with Crippen molar-refractivity contribution >= 4 is 44.7 Å². The van der Waals surface area contributed by atoms with Gasteiger partial charge in [-0.2, -0.15) is 8.78 Å². The predicted octanol–water partition coefficient (Wildman–Crippen LogP) is 5.12. The van der Waals surface area contributed by atoms with Gasteiger partial charge >= 0.3 is 6.61 Å². The van der Waals surface area contributed by atoms with Gasteiger partial charge in [0.05, 0.1) is 20.2 Å². The largest absolute Gasteiger partial charge is 0.433 e. The first-order valence-electron chi connectivity index (χ1n) is 7.40. The van der Waals surface area contributed by atoms with E-state index >= 15 is 0 Å². The first-order chi connectivity index (χ1) is 12.0. The zero-order chi connectivity index (χ0) is 17.8. The molecule has 25 heavy (non-hydrogen) atoms. The number of anilines is 1. The fourth-order valence-electron chi connectivity index (χ4n) is 2.24. The highest BCUT2D eigenvalue weighted by atomic mass is 35.5. The molecule has 4 nitrogen and oxygen atoms in total. The van der Waals surface area contributed by atoms with E-state index in [1.54, 1.807) is 11.3 Å². The molecule has 0 saturated carbocycles. The summed E-state index contributed by atoms with van der Waals surface area (Å²) in [6.45, 7) is -2.95. The van der Waals surface area contributed by atoms with Crippen LogP contribution in [-0.2, 0) is 11.2 Å². The van der Waals surface area contributed by atoms with Crippen LogP contribution in [0.2, 0.25) is 5.02 Å². The predicted molar refractivity (Wildman–Crippen MR) is 94.7 cm³/mol. The number of fused-ring (bicyclic) bond motifs is 1. The van der Waals surface area contributed by atoms with Crippen LogP contribution in [0.25, 0.3) is 10.2 Å². The van der Waals surface area contributed by atoms with E-state index in [0.29, 0.717) is 12.1 Å². The van der Waals surface area contributed by atoms with Crippen LogP contribution < -0.4 is 10.1 Å². The Balaban J connectivity index is 1.57. The number of thiazole rings is 1. The zero-order valence-corrected chi connectivity index (χ0v) is 14.4. The third kappa shape index (κ3) is 4.64. The maximum atomic E-state index is 12.2. The van der Waals surface area contributed by atoms with Gasteiger partial charge in [0.15, 0.2) is 0 Å². The molecule has 1 heterocycles. The molecule has 0 saturated heterocycles. The number of rotatable bonds is 6. The molecule has 0 atom stereocenters. The van der Waals surface area contributed by atoms with E-state index in [0.717, 1.165) is 15.2 Å². The number of aromatic nitrogens is 1. The molecule has 130 valence electrons. The van der Waals surface area contributed by atoms with Gasteiger partial charge in [0.2, 0.25) is 5.91 Å². The average molecular weight is 383 g/mol. The molecule has 8 heteroatoms. The number of amides is 1. The van der Waals surface area contributed by atoms with Crippen LogP contribution in [0.3, 0.4) is 0 Å². The second kappa shape index (κ2) is 7.76. The molecule has 0 spiro atoms. The number of benzene rings is 2. The second-order valence-electron chi connectivity index (χ2n) is 5.15. The first kappa shape index (κ1) is 17.6. The average Bonchev–Trinajstić information content (AvgIpc) is 2.98. The van der Waals surface area contributed by atoms with Crippen LogP contribution >= 0.6 is 22.9 Å². The number of halogens is 3. The molecule has 0 unspecified atom stereocenters. The summed E-state index contributed by atoms with van der Waals surface area (Å²) in [6, 6.07) is 11.9. The summed E-state index contributed by atoms with van der Waals surface area (Å²) in [5, 5.41) is 3.57. The summed E-state index contributed by atoms with van der Waals surface area (Å²) < 4.78 is 29.7. The first-order valence-corrected chi connectivity index (χ1v) is 8.59. The van der Waals surface area contributed by atoms with Crippen molar-refractivity contribution in [1.29, 1.82) is 0 Å². The third-order valence-electron chi connectivity index (χ3n) is 3.34. The second-order valence-corrected chi connectivity index (χ2v) is 6.67. The number of hydrogen-bond acceptors (Lipinski definition) is 4. The Morgan fingerprint density at radius 3 is 2.80 bits per heavy atom. The van der Waals surface area contributed by atoms with E-state index in [1.807, 2.05) is 24.3 Å². The molecular formula is C17H13ClF2N2O2S. The molecule has 0 bridgehead atoms. The fraction of sp³-hybridized carbons (Fsp3) is 0.176. The molecule has 3 aromatic rings. The summed E-state index contributed by atoms with van der Waals surface area (Å²) in [7, 11) is 0. The minimum atomic E-state index is -2.95. The topological polar surface area (TPSA) is 51.2 Å². The van der Waals surface area contributed by atoms with Crippen LogP contribution in [0.5, 0.6) is 5.75 Å². The number of para-hydroxylation sites is 1. The van der Waals surface area contributed by atoms with E-state index in [-0.39, 0.29) is 23.1 Å². The summed E-state index contributed by atoms with van der Waals surface area (Å²) in [5.74, 6) is -0.345. The van der Waals surface area contributed by atoms with Crippen molar-refractivity contribution in [1.82, 2.24) is 4.98 Å². The maximum Gasteiger partial charge on any atom is 0.387 e. The van der Waals surface area contributed by atoms with E-state index in [2.05, 4.69) is 15.0 Å². The minimum absolute atomic E-state index is 0.00396. The van der Waals surface area contributed by atoms with Gasteiger partial charge in [-0.25, -0.2) is 4.98 Å². The van der Waals surface area contributed by atoms with Gasteiger partial charge in [-0.1, -0.05) is 23.7 Å². The Hall–Kier alpha value is -2.25. The quantitative estimate of drug-likeness (QED) is 0.643. The number of aryl methyl sites for hydroxylation is 1. The van der Waals surface area contributed by atoms with Crippen molar-refractivity contribution < 1.29 is 18.3 Å². The van der Waals surface area contributed by atoms with Gasteiger partial charge in [-0.3, -0.25) is 4.79 Å². The van der Waals surface area contributed by atoms with Crippen LogP contribution in [-0.4, -0.2) is 17.5 Å². The molecule has 0 aliphatic heterocycles. The molecule has 0 radical (unpaired) electrons. The molecule has 0 aliphatic rings. The molecule has 1 amide bonds. The van der Waals surface area contributed by atoms with Crippen molar-refractivity contribution in [3.63, 3.8) is 0 Å². The number of ether oxygens (including phenoxy) is 1. The third-order valence-corrected chi connectivity index (χ3v) is 4.73. The van der Waals surface area contributed by atoms with Gasteiger partial charge < -0.3 is 10.1 Å². The van der Waals surface area contributed by atoms with Gasteiger partial charge in [0.1, 0.15) is 5.75 Å². The molecule has 2 aromatic carbocycles. The van der Waals surface area contributed by atoms with E-state index < -0.39 is 6.61 Å². The number of hydrogen-bond donors (Lipinski definition) is 1. The Morgan fingerprint density at radius 2 is 2.08 bits per heavy atom. The molecule has 0 aliphatic carbocycles. The van der Waals surface area contributed by atoms with Gasteiger partial charge in [0.25, 0.3) is 0 Å². The molecule has 3 rings (SSSR count). The SMILES string of the molecule is O=C(CCc1nc2ccccc2s1)Nc1ccc(OC(F)F)c(Cl)c1. The lowest BCUT2D eigenvalue weighted by molar-refractivity contribution is -0.116. The highest BCUT2D eigenvalue weighted by Gasteiger charge is 2.11. The maximum absolute atomic E-state index is 12.2. The number of carbonyl (C=O) groups excluding carboxylic acids is 1. The normalized spacial score (nSPS) is 11.0.